The number of benzene rings is 2. The first kappa shape index (κ1) is 9.32. The number of hydrogen-bond acceptors (Lipinski definition) is 2. The molecule has 0 bridgehead atoms. The van der Waals surface area contributed by atoms with Crippen LogP contribution in [0.5, 0.6) is 0 Å². The first-order valence-electron chi connectivity index (χ1n) is 7.50. The molecule has 20 heavy (non-hydrogen) atoms. The summed E-state index contributed by atoms with van der Waals surface area (Å²) in [6.07, 6.45) is -1.66. The molecule has 96 valence electrons. The smallest absolute Gasteiger partial charge is 0.227 e. The maximum atomic E-state index is 8.38. The molecule has 0 aliphatic carbocycles. The number of furan rings is 1. The van der Waals surface area contributed by atoms with Gasteiger partial charge >= 0.3 is 0 Å². The van der Waals surface area contributed by atoms with E-state index >= 15 is 0 Å². The normalized spacial score (nSPS) is 13.4. The highest BCUT2D eigenvalue weighted by molar-refractivity contribution is 6.03. The van der Waals surface area contributed by atoms with Gasteiger partial charge in [-0.05, 0) is 23.8 Å². The number of aromatic nitrogens is 1. The molecule has 2 heterocycles. The van der Waals surface area contributed by atoms with Gasteiger partial charge in [0.2, 0.25) is 5.71 Å². The lowest BCUT2D eigenvalue weighted by molar-refractivity contribution is 0.652. The van der Waals surface area contributed by atoms with E-state index in [2.05, 4.69) is 4.98 Å². The third kappa shape index (κ3) is 1.86. The van der Waals surface area contributed by atoms with E-state index in [1.165, 1.54) is 0 Å². The van der Waals surface area contributed by atoms with E-state index in [9.17, 15) is 0 Å². The van der Waals surface area contributed by atoms with Crippen molar-refractivity contribution >= 4 is 22.1 Å². The van der Waals surface area contributed by atoms with Crippen LogP contribution in [0.1, 0.15) is 14.0 Å². The van der Waals surface area contributed by atoms with Gasteiger partial charge in [0.05, 0.1) is 0 Å². The number of hydrogen-bond donors (Lipinski definition) is 0. The van der Waals surface area contributed by atoms with Crippen molar-refractivity contribution < 1.29 is 7.16 Å². The second-order valence-electron chi connectivity index (χ2n) is 4.64. The molecule has 2 heteroatoms. The Morgan fingerprint density at radius 3 is 2.55 bits per heavy atom. The Bertz CT molecular complexity index is 961. The molecule has 2 aromatic heterocycles. The van der Waals surface area contributed by atoms with Gasteiger partial charge in [0.15, 0.2) is 0 Å². The highest BCUT2D eigenvalue weighted by atomic mass is 16.3. The Morgan fingerprint density at radius 2 is 1.65 bits per heavy atom. The van der Waals surface area contributed by atoms with Crippen molar-refractivity contribution in [2.45, 2.75) is 6.37 Å². The summed E-state index contributed by atoms with van der Waals surface area (Å²) in [5.74, 6) is 0. The number of rotatable bonds is 2. The SMILES string of the molecule is [2H]C([2H])(c1ccccc1)c1ccc2c(n1)oc1ccccc12. The van der Waals surface area contributed by atoms with Gasteiger partial charge in [-0.1, -0.05) is 48.5 Å². The van der Waals surface area contributed by atoms with Crippen molar-refractivity contribution in [3.63, 3.8) is 0 Å². The van der Waals surface area contributed by atoms with Crippen LogP contribution in [0, 0.1) is 0 Å². The number of fused-ring (bicyclic) bond motifs is 3. The Balaban J connectivity index is 1.91. The van der Waals surface area contributed by atoms with E-state index in [1.807, 2.05) is 48.5 Å². The summed E-state index contributed by atoms with van der Waals surface area (Å²) in [5, 5.41) is 1.90. The standard InChI is InChI=1S/C18H13NO/c1-2-6-13(7-3-1)12-14-10-11-16-15-8-4-5-9-17(15)20-18(16)19-14/h1-11H,12H2/i12D2. The van der Waals surface area contributed by atoms with Crippen molar-refractivity contribution in [3.05, 3.63) is 78.0 Å². The molecule has 0 amide bonds. The molecule has 0 atom stereocenters. The van der Waals surface area contributed by atoms with Gasteiger partial charge in [-0.2, -0.15) is 0 Å². The van der Waals surface area contributed by atoms with Crippen LogP contribution in [0.3, 0.4) is 0 Å². The highest BCUT2D eigenvalue weighted by Crippen LogP contribution is 2.27. The van der Waals surface area contributed by atoms with E-state index in [-0.39, 0.29) is 0 Å². The van der Waals surface area contributed by atoms with Crippen LogP contribution in [0.15, 0.2) is 71.1 Å². The second kappa shape index (κ2) is 4.49. The zero-order valence-electron chi connectivity index (χ0n) is 12.7. The fourth-order valence-corrected chi connectivity index (χ4v) is 2.34. The van der Waals surface area contributed by atoms with Crippen molar-refractivity contribution in [1.29, 1.82) is 0 Å². The van der Waals surface area contributed by atoms with Crippen molar-refractivity contribution in [2.75, 3.05) is 0 Å². The highest BCUT2D eigenvalue weighted by Gasteiger charge is 2.08. The first-order chi connectivity index (χ1) is 10.7. The molecular weight excluding hydrogens is 246 g/mol. The monoisotopic (exact) mass is 261 g/mol. The van der Waals surface area contributed by atoms with Gasteiger partial charge in [0.1, 0.15) is 5.58 Å². The van der Waals surface area contributed by atoms with E-state index in [0.29, 0.717) is 17.0 Å². The number of pyridine rings is 1. The lowest BCUT2D eigenvalue weighted by atomic mass is 10.1. The lowest BCUT2D eigenvalue weighted by Gasteiger charge is -2.00. The third-order valence-corrected chi connectivity index (χ3v) is 3.29. The van der Waals surface area contributed by atoms with Gasteiger partial charge in [-0.3, -0.25) is 0 Å². The molecule has 2 aromatic carbocycles. The van der Waals surface area contributed by atoms with Gasteiger partial charge in [0.25, 0.3) is 0 Å². The van der Waals surface area contributed by atoms with Crippen LogP contribution < -0.4 is 0 Å². The average Bonchev–Trinajstić information content (AvgIpc) is 2.93. The van der Waals surface area contributed by atoms with Gasteiger partial charge in [-0.25, -0.2) is 4.98 Å². The van der Waals surface area contributed by atoms with Crippen LogP contribution in [0.4, 0.5) is 0 Å². The molecule has 0 fully saturated rings. The molecule has 0 aliphatic heterocycles. The summed E-state index contributed by atoms with van der Waals surface area (Å²) >= 11 is 0. The van der Waals surface area contributed by atoms with Crippen LogP contribution in [-0.2, 0) is 6.37 Å². The summed E-state index contributed by atoms with van der Waals surface area (Å²) in [5.41, 5.74) is 2.17. The molecule has 2 nitrogen and oxygen atoms in total. The molecule has 0 radical (unpaired) electrons. The molecule has 0 saturated carbocycles. The summed E-state index contributed by atoms with van der Waals surface area (Å²) in [4.78, 5) is 4.42. The molecule has 0 unspecified atom stereocenters. The topological polar surface area (TPSA) is 26.0 Å². The Labute approximate surface area is 119 Å². The minimum Gasteiger partial charge on any atom is -0.438 e. The second-order valence-corrected chi connectivity index (χ2v) is 4.64. The van der Waals surface area contributed by atoms with E-state index in [4.69, 9.17) is 7.16 Å². The van der Waals surface area contributed by atoms with Gasteiger partial charge < -0.3 is 4.42 Å². The van der Waals surface area contributed by atoms with Gasteiger partial charge in [-0.15, -0.1) is 0 Å². The minimum absolute atomic E-state index is 0.352. The Hall–Kier alpha value is -2.61. The summed E-state index contributed by atoms with van der Waals surface area (Å²) < 4.78 is 22.5. The molecule has 0 saturated heterocycles. The van der Waals surface area contributed by atoms with Gasteiger partial charge in [0, 0.05) is 25.6 Å². The van der Waals surface area contributed by atoms with Crippen LogP contribution >= 0.6 is 0 Å². The van der Waals surface area contributed by atoms with Crippen LogP contribution in [0.2, 0.25) is 0 Å². The third-order valence-electron chi connectivity index (χ3n) is 3.29. The summed E-state index contributed by atoms with van der Waals surface area (Å²) in [7, 11) is 0. The van der Waals surface area contributed by atoms with Crippen LogP contribution in [0.25, 0.3) is 22.1 Å². The Morgan fingerprint density at radius 1 is 0.850 bits per heavy atom. The average molecular weight is 261 g/mol. The molecule has 0 aliphatic rings. The fourth-order valence-electron chi connectivity index (χ4n) is 2.34. The largest absolute Gasteiger partial charge is 0.438 e. The quantitative estimate of drug-likeness (QED) is 0.528. The molecule has 0 N–H and O–H groups in total. The van der Waals surface area contributed by atoms with E-state index < -0.39 is 6.37 Å². The first-order valence-corrected chi connectivity index (χ1v) is 6.50. The maximum absolute atomic E-state index is 8.38. The minimum atomic E-state index is -1.66. The molecule has 0 spiro atoms. The summed E-state index contributed by atoms with van der Waals surface area (Å²) in [6, 6.07) is 20.4. The zero-order valence-corrected chi connectivity index (χ0v) is 10.7. The van der Waals surface area contributed by atoms with Crippen molar-refractivity contribution in [3.8, 4) is 0 Å². The molecular formula is C18H13NO. The number of para-hydroxylation sites is 1. The summed E-state index contributed by atoms with van der Waals surface area (Å²) in [6.45, 7) is 0. The zero-order chi connectivity index (χ0) is 15.2. The van der Waals surface area contributed by atoms with Crippen molar-refractivity contribution in [2.24, 2.45) is 0 Å². The molecule has 4 aromatic rings. The van der Waals surface area contributed by atoms with Crippen LogP contribution in [-0.4, -0.2) is 4.98 Å². The van der Waals surface area contributed by atoms with E-state index in [1.54, 1.807) is 18.2 Å². The fraction of sp³-hybridized carbons (Fsp3) is 0.0556. The number of nitrogens with zero attached hydrogens (tertiary/aromatic N) is 1. The molecule has 4 rings (SSSR count). The Kier molecular flexibility index (Phi) is 2.09. The predicted molar refractivity (Wildman–Crippen MR) is 80.8 cm³/mol. The predicted octanol–water partition coefficient (Wildman–Crippen LogP) is 4.57. The lowest BCUT2D eigenvalue weighted by Crippen LogP contribution is -1.91. The maximum Gasteiger partial charge on any atom is 0.227 e. The van der Waals surface area contributed by atoms with Crippen molar-refractivity contribution in [1.82, 2.24) is 4.98 Å². The van der Waals surface area contributed by atoms with E-state index in [0.717, 1.165) is 16.4 Å².